The second-order valence-corrected chi connectivity index (χ2v) is 5.87. The smallest absolute Gasteiger partial charge is 0.124 e. The lowest BCUT2D eigenvalue weighted by Gasteiger charge is -2.15. The topological polar surface area (TPSA) is 22.1 Å². The standard InChI is InChI=1S/C15H15BrClNO/c1-10-4-3-7-18-14(10)9-13(16)12-6-5-11(17)8-15(12)19-2/h3-8,13H,9H2,1-2H3. The van der Waals surface area contributed by atoms with Crippen LogP contribution in [0.2, 0.25) is 5.02 Å². The molecule has 1 aromatic heterocycles. The minimum absolute atomic E-state index is 0.147. The fourth-order valence-corrected chi connectivity index (χ4v) is 2.80. The van der Waals surface area contributed by atoms with Crippen LogP contribution in [0.15, 0.2) is 36.5 Å². The lowest BCUT2D eigenvalue weighted by molar-refractivity contribution is 0.409. The quantitative estimate of drug-likeness (QED) is 0.751. The number of aromatic nitrogens is 1. The van der Waals surface area contributed by atoms with Crippen LogP contribution in [0.1, 0.15) is 21.6 Å². The summed E-state index contributed by atoms with van der Waals surface area (Å²) in [5, 5.41) is 0.675. The first-order valence-corrected chi connectivity index (χ1v) is 7.29. The molecule has 1 heterocycles. The predicted octanol–water partition coefficient (Wildman–Crippen LogP) is 4.73. The van der Waals surface area contributed by atoms with Gasteiger partial charge >= 0.3 is 0 Å². The third-order valence-corrected chi connectivity index (χ3v) is 4.08. The highest BCUT2D eigenvalue weighted by atomic mass is 79.9. The number of methoxy groups -OCH3 is 1. The summed E-state index contributed by atoms with van der Waals surface area (Å²) in [6, 6.07) is 9.71. The van der Waals surface area contributed by atoms with Crippen LogP contribution in [0.3, 0.4) is 0 Å². The molecular weight excluding hydrogens is 326 g/mol. The van der Waals surface area contributed by atoms with E-state index in [-0.39, 0.29) is 4.83 Å². The van der Waals surface area contributed by atoms with Crippen LogP contribution in [0.25, 0.3) is 0 Å². The normalized spacial score (nSPS) is 12.2. The molecule has 0 saturated carbocycles. The molecule has 0 aliphatic carbocycles. The number of rotatable bonds is 4. The van der Waals surface area contributed by atoms with E-state index in [0.29, 0.717) is 5.02 Å². The van der Waals surface area contributed by atoms with Crippen LogP contribution in [0.4, 0.5) is 0 Å². The molecule has 0 spiro atoms. The maximum atomic E-state index is 5.98. The number of hydrogen-bond acceptors (Lipinski definition) is 2. The molecule has 2 rings (SSSR count). The number of hydrogen-bond donors (Lipinski definition) is 0. The van der Waals surface area contributed by atoms with E-state index in [9.17, 15) is 0 Å². The molecule has 1 atom stereocenters. The van der Waals surface area contributed by atoms with Gasteiger partial charge in [0.2, 0.25) is 0 Å². The second-order valence-electron chi connectivity index (χ2n) is 4.32. The van der Waals surface area contributed by atoms with Gasteiger partial charge < -0.3 is 4.74 Å². The highest BCUT2D eigenvalue weighted by Gasteiger charge is 2.15. The Morgan fingerprint density at radius 3 is 2.84 bits per heavy atom. The number of alkyl halides is 1. The van der Waals surface area contributed by atoms with E-state index in [1.807, 2.05) is 30.5 Å². The molecule has 0 aliphatic rings. The van der Waals surface area contributed by atoms with Crippen LogP contribution < -0.4 is 4.74 Å². The Morgan fingerprint density at radius 2 is 2.16 bits per heavy atom. The Morgan fingerprint density at radius 1 is 1.37 bits per heavy atom. The fraction of sp³-hybridized carbons (Fsp3) is 0.267. The molecule has 0 fully saturated rings. The van der Waals surface area contributed by atoms with Crippen molar-refractivity contribution in [2.45, 2.75) is 18.2 Å². The summed E-state index contributed by atoms with van der Waals surface area (Å²) in [5.41, 5.74) is 3.36. The molecule has 2 aromatic rings. The van der Waals surface area contributed by atoms with Crippen molar-refractivity contribution in [1.29, 1.82) is 0 Å². The van der Waals surface area contributed by atoms with E-state index in [1.165, 1.54) is 5.56 Å². The summed E-state index contributed by atoms with van der Waals surface area (Å²) in [5.74, 6) is 0.794. The van der Waals surface area contributed by atoms with E-state index in [0.717, 1.165) is 23.4 Å². The molecule has 0 aliphatic heterocycles. The summed E-state index contributed by atoms with van der Waals surface area (Å²) in [6.45, 7) is 2.07. The SMILES string of the molecule is COc1cc(Cl)ccc1C(Br)Cc1ncccc1C. The first-order valence-electron chi connectivity index (χ1n) is 6.00. The van der Waals surface area contributed by atoms with Crippen molar-refractivity contribution < 1.29 is 4.74 Å². The fourth-order valence-electron chi connectivity index (χ4n) is 1.96. The van der Waals surface area contributed by atoms with E-state index in [2.05, 4.69) is 33.9 Å². The van der Waals surface area contributed by atoms with Crippen molar-refractivity contribution in [2.75, 3.05) is 7.11 Å². The van der Waals surface area contributed by atoms with Gasteiger partial charge in [-0.25, -0.2) is 0 Å². The Bertz CT molecular complexity index is 574. The van der Waals surface area contributed by atoms with Gasteiger partial charge in [-0.15, -0.1) is 0 Å². The van der Waals surface area contributed by atoms with E-state index >= 15 is 0 Å². The third kappa shape index (κ3) is 3.48. The first kappa shape index (κ1) is 14.4. The van der Waals surface area contributed by atoms with Crippen molar-refractivity contribution in [2.24, 2.45) is 0 Å². The monoisotopic (exact) mass is 339 g/mol. The molecule has 100 valence electrons. The lowest BCUT2D eigenvalue weighted by Crippen LogP contribution is -2.02. The van der Waals surface area contributed by atoms with Crippen molar-refractivity contribution in [3.8, 4) is 5.75 Å². The number of aryl methyl sites for hydroxylation is 1. The highest BCUT2D eigenvalue weighted by molar-refractivity contribution is 9.09. The van der Waals surface area contributed by atoms with Gasteiger partial charge in [0.1, 0.15) is 5.75 Å². The van der Waals surface area contributed by atoms with Crippen molar-refractivity contribution in [1.82, 2.24) is 4.98 Å². The largest absolute Gasteiger partial charge is 0.496 e. The Balaban J connectivity index is 2.25. The van der Waals surface area contributed by atoms with Crippen LogP contribution in [-0.2, 0) is 6.42 Å². The minimum Gasteiger partial charge on any atom is -0.496 e. The number of ether oxygens (including phenoxy) is 1. The summed E-state index contributed by atoms with van der Waals surface area (Å²) in [4.78, 5) is 4.57. The van der Waals surface area contributed by atoms with Gasteiger partial charge in [0.15, 0.2) is 0 Å². The molecule has 0 radical (unpaired) electrons. The van der Waals surface area contributed by atoms with Gasteiger partial charge in [0.25, 0.3) is 0 Å². The summed E-state index contributed by atoms with van der Waals surface area (Å²) >= 11 is 9.69. The zero-order valence-electron chi connectivity index (χ0n) is 10.9. The Hall–Kier alpha value is -1.06. The van der Waals surface area contributed by atoms with Crippen molar-refractivity contribution >= 4 is 27.5 Å². The summed E-state index contributed by atoms with van der Waals surface area (Å²) < 4.78 is 5.38. The Labute approximate surface area is 126 Å². The van der Waals surface area contributed by atoms with Crippen LogP contribution in [0, 0.1) is 6.92 Å². The van der Waals surface area contributed by atoms with Gasteiger partial charge in [-0.1, -0.05) is 39.7 Å². The van der Waals surface area contributed by atoms with Crippen LogP contribution in [0.5, 0.6) is 5.75 Å². The number of nitrogens with zero attached hydrogens (tertiary/aromatic N) is 1. The molecule has 0 amide bonds. The molecular formula is C15H15BrClNO. The maximum absolute atomic E-state index is 5.98. The third-order valence-electron chi connectivity index (χ3n) is 3.02. The predicted molar refractivity (Wildman–Crippen MR) is 82.4 cm³/mol. The average molecular weight is 341 g/mol. The van der Waals surface area contributed by atoms with Gasteiger partial charge in [0, 0.05) is 33.7 Å². The van der Waals surface area contributed by atoms with Crippen molar-refractivity contribution in [3.63, 3.8) is 0 Å². The molecule has 1 unspecified atom stereocenters. The lowest BCUT2D eigenvalue weighted by atomic mass is 10.0. The van der Waals surface area contributed by atoms with Gasteiger partial charge in [-0.2, -0.15) is 0 Å². The van der Waals surface area contributed by atoms with Gasteiger partial charge in [-0.3, -0.25) is 4.98 Å². The van der Waals surface area contributed by atoms with E-state index in [4.69, 9.17) is 16.3 Å². The maximum Gasteiger partial charge on any atom is 0.124 e. The number of pyridine rings is 1. The average Bonchev–Trinajstić information content (AvgIpc) is 2.41. The van der Waals surface area contributed by atoms with Crippen LogP contribution in [-0.4, -0.2) is 12.1 Å². The molecule has 4 heteroatoms. The van der Waals surface area contributed by atoms with E-state index in [1.54, 1.807) is 7.11 Å². The number of halogens is 2. The Kier molecular flexibility index (Phi) is 4.83. The van der Waals surface area contributed by atoms with Gasteiger partial charge in [0.05, 0.1) is 7.11 Å². The summed E-state index contributed by atoms with van der Waals surface area (Å²) in [6.07, 6.45) is 2.63. The molecule has 0 bridgehead atoms. The van der Waals surface area contributed by atoms with E-state index < -0.39 is 0 Å². The summed E-state index contributed by atoms with van der Waals surface area (Å²) in [7, 11) is 1.65. The first-order chi connectivity index (χ1) is 9.11. The molecule has 19 heavy (non-hydrogen) atoms. The van der Waals surface area contributed by atoms with Crippen molar-refractivity contribution in [3.05, 3.63) is 58.4 Å². The molecule has 0 N–H and O–H groups in total. The molecule has 1 aromatic carbocycles. The van der Waals surface area contributed by atoms with Gasteiger partial charge in [-0.05, 0) is 30.7 Å². The second kappa shape index (κ2) is 6.40. The zero-order chi connectivity index (χ0) is 13.8. The minimum atomic E-state index is 0.147. The molecule has 0 saturated heterocycles. The zero-order valence-corrected chi connectivity index (χ0v) is 13.2. The highest BCUT2D eigenvalue weighted by Crippen LogP contribution is 2.35. The number of benzene rings is 1. The van der Waals surface area contributed by atoms with Crippen LogP contribution >= 0.6 is 27.5 Å². The molecule has 2 nitrogen and oxygen atoms in total.